The van der Waals surface area contributed by atoms with E-state index in [0.29, 0.717) is 34.4 Å². The lowest BCUT2D eigenvalue weighted by Gasteiger charge is -2.06. The molecule has 0 aliphatic carbocycles. The molecule has 6 nitrogen and oxygen atoms in total. The average Bonchev–Trinajstić information content (AvgIpc) is 3.05. The zero-order valence-electron chi connectivity index (χ0n) is 15.0. The topological polar surface area (TPSA) is 75.1 Å². The molecule has 0 aliphatic rings. The lowest BCUT2D eigenvalue weighted by Crippen LogP contribution is -2.22. The molecule has 0 atom stereocenters. The number of aryl methyl sites for hydroxylation is 2. The van der Waals surface area contributed by atoms with Crippen LogP contribution in [0.4, 0.5) is 11.6 Å². The smallest absolute Gasteiger partial charge is 0.277 e. The predicted octanol–water partition coefficient (Wildman–Crippen LogP) is 4.02. The number of aromatic amines is 1. The number of H-pyrrole nitrogens is 1. The fourth-order valence-corrected chi connectivity index (χ4v) is 3.14. The Balaban J connectivity index is 1.73. The molecule has 2 aromatic carbocycles. The van der Waals surface area contributed by atoms with E-state index in [9.17, 15) is 4.79 Å². The Morgan fingerprint density at radius 3 is 2.67 bits per heavy atom. The van der Waals surface area contributed by atoms with Crippen LogP contribution in [-0.4, -0.2) is 19.6 Å². The molecule has 136 valence electrons. The van der Waals surface area contributed by atoms with E-state index in [1.54, 1.807) is 0 Å². The summed E-state index contributed by atoms with van der Waals surface area (Å²) in [4.78, 5) is 21.8. The largest absolute Gasteiger partial charge is 0.324 e. The monoisotopic (exact) mass is 379 g/mol. The summed E-state index contributed by atoms with van der Waals surface area (Å²) in [6.45, 7) is 3.80. The molecular weight excluding hydrogens is 362 g/mol. The number of anilines is 2. The number of hydrogen-bond acceptors (Lipinski definition) is 4. The van der Waals surface area contributed by atoms with Gasteiger partial charge in [-0.1, -0.05) is 48.0 Å². The van der Waals surface area contributed by atoms with Gasteiger partial charge in [-0.2, -0.15) is 9.50 Å². The van der Waals surface area contributed by atoms with Crippen molar-refractivity contribution >= 4 is 29.0 Å². The van der Waals surface area contributed by atoms with Crippen LogP contribution in [0.1, 0.15) is 22.4 Å². The number of aromatic nitrogens is 4. The molecule has 2 N–H and O–H groups in total. The summed E-state index contributed by atoms with van der Waals surface area (Å²) >= 11 is 6.07. The van der Waals surface area contributed by atoms with Crippen LogP contribution >= 0.6 is 11.6 Å². The van der Waals surface area contributed by atoms with E-state index in [2.05, 4.69) is 20.4 Å². The maximum absolute atomic E-state index is 12.9. The second kappa shape index (κ2) is 6.89. The number of benzene rings is 2. The molecule has 0 aliphatic heterocycles. The van der Waals surface area contributed by atoms with E-state index in [-0.39, 0.29) is 5.56 Å². The van der Waals surface area contributed by atoms with Crippen LogP contribution in [0.2, 0.25) is 5.02 Å². The zero-order valence-corrected chi connectivity index (χ0v) is 15.7. The Bertz CT molecular complexity index is 1180. The third-order valence-corrected chi connectivity index (χ3v) is 4.71. The Labute approximate surface area is 160 Å². The number of rotatable bonds is 4. The van der Waals surface area contributed by atoms with Crippen molar-refractivity contribution in [3.8, 4) is 0 Å². The summed E-state index contributed by atoms with van der Waals surface area (Å²) < 4.78 is 1.37. The highest BCUT2D eigenvalue weighted by molar-refractivity contribution is 6.30. The van der Waals surface area contributed by atoms with Crippen LogP contribution in [0.25, 0.3) is 5.78 Å². The average molecular weight is 380 g/mol. The van der Waals surface area contributed by atoms with Gasteiger partial charge in [0.05, 0.1) is 5.69 Å². The number of fused-ring (bicyclic) bond motifs is 1. The number of nitrogens with one attached hydrogen (secondary N) is 2. The van der Waals surface area contributed by atoms with Gasteiger partial charge in [-0.25, -0.2) is 4.98 Å². The van der Waals surface area contributed by atoms with Crippen LogP contribution < -0.4 is 10.9 Å². The van der Waals surface area contributed by atoms with Gasteiger partial charge < -0.3 is 5.32 Å². The van der Waals surface area contributed by atoms with E-state index in [0.717, 1.165) is 16.8 Å². The van der Waals surface area contributed by atoms with Crippen molar-refractivity contribution in [2.24, 2.45) is 0 Å². The van der Waals surface area contributed by atoms with Crippen LogP contribution in [0.15, 0.2) is 53.3 Å². The minimum absolute atomic E-state index is 0.148. The maximum Gasteiger partial charge on any atom is 0.277 e. The predicted molar refractivity (Wildman–Crippen MR) is 107 cm³/mol. The maximum atomic E-state index is 12.9. The van der Waals surface area contributed by atoms with Gasteiger partial charge in [0.15, 0.2) is 0 Å². The lowest BCUT2D eigenvalue weighted by atomic mass is 10.1. The summed E-state index contributed by atoms with van der Waals surface area (Å²) in [5, 5.41) is 6.78. The van der Waals surface area contributed by atoms with Crippen molar-refractivity contribution in [2.75, 3.05) is 5.32 Å². The van der Waals surface area contributed by atoms with Gasteiger partial charge in [0.2, 0.25) is 5.95 Å². The Morgan fingerprint density at radius 1 is 1.11 bits per heavy atom. The quantitative estimate of drug-likeness (QED) is 0.561. The number of nitrogens with zero attached hydrogens (tertiary/aromatic N) is 3. The van der Waals surface area contributed by atoms with Gasteiger partial charge in [-0.3, -0.25) is 9.89 Å². The van der Waals surface area contributed by atoms with Gasteiger partial charge in [0.1, 0.15) is 0 Å². The van der Waals surface area contributed by atoms with Gasteiger partial charge in [-0.15, -0.1) is 0 Å². The molecule has 0 saturated heterocycles. The summed E-state index contributed by atoms with van der Waals surface area (Å²) in [7, 11) is 0. The molecule has 0 spiro atoms. The third kappa shape index (κ3) is 3.44. The van der Waals surface area contributed by atoms with Crippen LogP contribution in [0.5, 0.6) is 0 Å². The SMILES string of the molecule is Cc1ccc(Cl)cc1Nc1nc2nc(C)c(Cc3ccccc3)c(=O)n2[nH]1. The molecule has 0 unspecified atom stereocenters. The first-order valence-electron chi connectivity index (χ1n) is 8.56. The van der Waals surface area contributed by atoms with E-state index in [4.69, 9.17) is 11.6 Å². The standard InChI is InChI=1S/C20H18ClN5O/c1-12-8-9-15(21)11-17(12)23-19-24-20-22-13(2)16(18(27)26(20)25-19)10-14-6-4-3-5-7-14/h3-9,11H,10H2,1-2H3,(H2,22,23,24,25). The Hall–Kier alpha value is -3.12. The van der Waals surface area contributed by atoms with Gasteiger partial charge in [-0.05, 0) is 37.1 Å². The second-order valence-electron chi connectivity index (χ2n) is 6.44. The molecule has 2 aromatic heterocycles. The fraction of sp³-hybridized carbons (Fsp3) is 0.150. The third-order valence-electron chi connectivity index (χ3n) is 4.47. The molecule has 27 heavy (non-hydrogen) atoms. The molecular formula is C20H18ClN5O. The van der Waals surface area contributed by atoms with Gasteiger partial charge in [0, 0.05) is 22.7 Å². The first-order chi connectivity index (χ1) is 13.0. The van der Waals surface area contributed by atoms with Crippen molar-refractivity contribution < 1.29 is 0 Å². The molecule has 0 fully saturated rings. The zero-order chi connectivity index (χ0) is 19.0. The van der Waals surface area contributed by atoms with Crippen molar-refractivity contribution in [3.63, 3.8) is 0 Å². The second-order valence-corrected chi connectivity index (χ2v) is 6.87. The number of hydrogen-bond donors (Lipinski definition) is 2. The Morgan fingerprint density at radius 2 is 1.89 bits per heavy atom. The van der Waals surface area contributed by atoms with E-state index in [1.165, 1.54) is 4.52 Å². The number of halogens is 1. The molecule has 7 heteroatoms. The molecule has 4 aromatic rings. The summed E-state index contributed by atoms with van der Waals surface area (Å²) in [5.74, 6) is 0.762. The Kier molecular flexibility index (Phi) is 4.41. The molecule has 0 bridgehead atoms. The van der Waals surface area contributed by atoms with E-state index < -0.39 is 0 Å². The van der Waals surface area contributed by atoms with Crippen molar-refractivity contribution in [1.29, 1.82) is 0 Å². The van der Waals surface area contributed by atoms with Crippen molar-refractivity contribution in [1.82, 2.24) is 19.6 Å². The summed E-state index contributed by atoms with van der Waals surface area (Å²) in [6, 6.07) is 15.4. The van der Waals surface area contributed by atoms with Crippen LogP contribution in [0, 0.1) is 13.8 Å². The van der Waals surface area contributed by atoms with E-state index in [1.807, 2.05) is 62.4 Å². The van der Waals surface area contributed by atoms with E-state index >= 15 is 0 Å². The highest BCUT2D eigenvalue weighted by Gasteiger charge is 2.14. The van der Waals surface area contributed by atoms with Crippen LogP contribution in [0.3, 0.4) is 0 Å². The van der Waals surface area contributed by atoms with Gasteiger partial charge in [0.25, 0.3) is 11.3 Å². The van der Waals surface area contributed by atoms with Crippen molar-refractivity contribution in [3.05, 3.63) is 86.3 Å². The highest BCUT2D eigenvalue weighted by Crippen LogP contribution is 2.22. The molecule has 0 saturated carbocycles. The fourth-order valence-electron chi connectivity index (χ4n) is 2.97. The van der Waals surface area contributed by atoms with Crippen molar-refractivity contribution in [2.45, 2.75) is 20.3 Å². The minimum atomic E-state index is -0.148. The molecule has 2 heterocycles. The molecule has 0 amide bonds. The summed E-state index contributed by atoms with van der Waals surface area (Å²) in [5.41, 5.74) is 4.07. The normalized spacial score (nSPS) is 11.1. The first-order valence-corrected chi connectivity index (χ1v) is 8.94. The molecule has 4 rings (SSSR count). The lowest BCUT2D eigenvalue weighted by molar-refractivity contribution is 0.861. The minimum Gasteiger partial charge on any atom is -0.324 e. The highest BCUT2D eigenvalue weighted by atomic mass is 35.5. The van der Waals surface area contributed by atoms with Crippen LogP contribution in [-0.2, 0) is 6.42 Å². The molecule has 0 radical (unpaired) electrons. The van der Waals surface area contributed by atoms with Gasteiger partial charge >= 0.3 is 0 Å². The summed E-state index contributed by atoms with van der Waals surface area (Å²) in [6.07, 6.45) is 0.524. The first kappa shape index (κ1) is 17.3.